The lowest BCUT2D eigenvalue weighted by molar-refractivity contribution is -0.143. The van der Waals surface area contributed by atoms with Gasteiger partial charge in [0.05, 0.1) is 12.0 Å². The van der Waals surface area contributed by atoms with E-state index in [9.17, 15) is 14.4 Å². The highest BCUT2D eigenvalue weighted by Gasteiger charge is 2.36. The van der Waals surface area contributed by atoms with Gasteiger partial charge < -0.3 is 9.15 Å². The van der Waals surface area contributed by atoms with Crippen LogP contribution in [0.5, 0.6) is 0 Å². The van der Waals surface area contributed by atoms with Gasteiger partial charge in [-0.25, -0.2) is 0 Å². The van der Waals surface area contributed by atoms with Gasteiger partial charge in [0.2, 0.25) is 0 Å². The zero-order valence-corrected chi connectivity index (χ0v) is 11.2. The largest absolute Gasteiger partial charge is 0.468 e. The second-order valence-electron chi connectivity index (χ2n) is 3.79. The van der Waals surface area contributed by atoms with Crippen LogP contribution in [0.3, 0.4) is 0 Å². The number of methoxy groups -OCH3 is 1. The molecule has 0 saturated carbocycles. The summed E-state index contributed by atoms with van der Waals surface area (Å²) in [4.78, 5) is 35.8. The molecule has 1 aromatic heterocycles. The Morgan fingerprint density at radius 2 is 2.21 bits per heavy atom. The summed E-state index contributed by atoms with van der Waals surface area (Å²) in [6.07, 6.45) is 1.48. The van der Waals surface area contributed by atoms with Crippen LogP contribution in [0.25, 0.3) is 6.08 Å². The average Bonchev–Trinajstić information content (AvgIpc) is 2.88. The maximum Gasteiger partial charge on any atom is 0.325 e. The molecule has 1 aliphatic rings. The van der Waals surface area contributed by atoms with Gasteiger partial charge in [-0.15, -0.1) is 0 Å². The first-order valence-corrected chi connectivity index (χ1v) is 6.21. The van der Waals surface area contributed by atoms with Gasteiger partial charge in [0, 0.05) is 6.08 Å². The first-order valence-electron chi connectivity index (χ1n) is 5.40. The summed E-state index contributed by atoms with van der Waals surface area (Å²) in [6, 6.07) is 3.45. The lowest BCUT2D eigenvalue weighted by atomic mass is 10.3. The highest BCUT2D eigenvalue weighted by molar-refractivity contribution is 8.18. The molecule has 0 unspecified atom stereocenters. The molecule has 0 spiro atoms. The van der Waals surface area contributed by atoms with Gasteiger partial charge in [0.15, 0.2) is 0 Å². The van der Waals surface area contributed by atoms with Crippen molar-refractivity contribution >= 4 is 35.0 Å². The third-order valence-corrected chi connectivity index (χ3v) is 3.33. The van der Waals surface area contributed by atoms with Crippen molar-refractivity contribution in [3.8, 4) is 0 Å². The van der Waals surface area contributed by atoms with E-state index in [1.165, 1.54) is 13.2 Å². The summed E-state index contributed by atoms with van der Waals surface area (Å²) in [5.41, 5.74) is 0. The van der Waals surface area contributed by atoms with E-state index in [1.54, 1.807) is 19.1 Å². The normalized spacial score (nSPS) is 17.4. The number of carbonyl (C=O) groups excluding carboxylic acids is 3. The molecule has 19 heavy (non-hydrogen) atoms. The number of carbonyl (C=O) groups is 3. The van der Waals surface area contributed by atoms with Crippen molar-refractivity contribution in [3.63, 3.8) is 0 Å². The highest BCUT2D eigenvalue weighted by atomic mass is 32.2. The van der Waals surface area contributed by atoms with Gasteiger partial charge in [-0.05, 0) is 30.8 Å². The Morgan fingerprint density at radius 3 is 2.79 bits per heavy atom. The first-order chi connectivity index (χ1) is 9.01. The van der Waals surface area contributed by atoms with Crippen LogP contribution in [-0.2, 0) is 14.3 Å². The van der Waals surface area contributed by atoms with E-state index in [4.69, 9.17) is 4.42 Å². The van der Waals surface area contributed by atoms with Crippen LogP contribution in [0.15, 0.2) is 21.5 Å². The molecule has 1 fully saturated rings. The maximum absolute atomic E-state index is 11.9. The number of nitrogens with zero attached hydrogens (tertiary/aromatic N) is 1. The van der Waals surface area contributed by atoms with Crippen molar-refractivity contribution in [3.05, 3.63) is 28.6 Å². The lowest BCUT2D eigenvalue weighted by Gasteiger charge is -2.09. The monoisotopic (exact) mass is 281 g/mol. The van der Waals surface area contributed by atoms with Crippen LogP contribution >= 0.6 is 11.8 Å². The molecular weight excluding hydrogens is 270 g/mol. The van der Waals surface area contributed by atoms with Gasteiger partial charge >= 0.3 is 5.97 Å². The number of esters is 1. The van der Waals surface area contributed by atoms with Gasteiger partial charge in [0.1, 0.15) is 18.1 Å². The smallest absolute Gasteiger partial charge is 0.325 e. The van der Waals surface area contributed by atoms with Crippen LogP contribution in [0.2, 0.25) is 0 Å². The van der Waals surface area contributed by atoms with Crippen molar-refractivity contribution in [2.45, 2.75) is 6.92 Å². The summed E-state index contributed by atoms with van der Waals surface area (Å²) in [5, 5.41) is -0.495. The summed E-state index contributed by atoms with van der Waals surface area (Å²) < 4.78 is 9.74. The quantitative estimate of drug-likeness (QED) is 0.621. The van der Waals surface area contributed by atoms with Crippen molar-refractivity contribution in [2.24, 2.45) is 0 Å². The van der Waals surface area contributed by atoms with Gasteiger partial charge in [-0.2, -0.15) is 0 Å². The number of imide groups is 1. The minimum absolute atomic E-state index is 0.225. The van der Waals surface area contributed by atoms with E-state index in [0.717, 1.165) is 16.7 Å². The summed E-state index contributed by atoms with van der Waals surface area (Å²) >= 11 is 0.769. The molecule has 100 valence electrons. The van der Waals surface area contributed by atoms with E-state index in [0.29, 0.717) is 11.5 Å². The van der Waals surface area contributed by atoms with Crippen molar-refractivity contribution in [1.29, 1.82) is 0 Å². The maximum atomic E-state index is 11.9. The number of furan rings is 1. The predicted octanol–water partition coefficient (Wildman–Crippen LogP) is 1.80. The molecule has 7 heteroatoms. The van der Waals surface area contributed by atoms with E-state index >= 15 is 0 Å². The molecular formula is C12H11NO5S. The summed E-state index contributed by atoms with van der Waals surface area (Å²) in [5.74, 6) is 0.0351. The molecule has 2 amide bonds. The Labute approximate surface area is 113 Å². The van der Waals surface area contributed by atoms with Crippen molar-refractivity contribution < 1.29 is 23.5 Å². The molecule has 0 atom stereocenters. The van der Waals surface area contributed by atoms with Crippen LogP contribution in [0.1, 0.15) is 11.5 Å². The summed E-state index contributed by atoms with van der Waals surface area (Å²) in [6.45, 7) is 1.40. The fraction of sp³-hybridized carbons (Fsp3) is 0.250. The Bertz CT molecular complexity index is 574. The van der Waals surface area contributed by atoms with E-state index in [1.807, 2.05) is 0 Å². The number of rotatable bonds is 3. The molecule has 2 heterocycles. The standard InChI is InChI=1S/C12H11NO5S/c1-7-3-4-8(18-7)5-9-11(15)13(12(16)19-9)6-10(14)17-2/h3-5H,6H2,1-2H3/b9-5+. The number of hydrogen-bond donors (Lipinski definition) is 0. The van der Waals surface area contributed by atoms with Gasteiger partial charge in [-0.1, -0.05) is 0 Å². The van der Waals surface area contributed by atoms with Crippen molar-refractivity contribution in [1.82, 2.24) is 4.90 Å². The molecule has 6 nitrogen and oxygen atoms in total. The molecule has 0 aromatic carbocycles. The minimum atomic E-state index is -0.641. The average molecular weight is 281 g/mol. The number of aryl methyl sites for hydroxylation is 1. The molecule has 0 aliphatic carbocycles. The number of hydrogen-bond acceptors (Lipinski definition) is 6. The van der Waals surface area contributed by atoms with Gasteiger partial charge in [-0.3, -0.25) is 19.3 Å². The molecule has 1 saturated heterocycles. The Hall–Kier alpha value is -2.02. The molecule has 0 N–H and O–H groups in total. The third-order valence-electron chi connectivity index (χ3n) is 2.42. The second-order valence-corrected chi connectivity index (χ2v) is 4.79. The van der Waals surface area contributed by atoms with Crippen LogP contribution in [-0.4, -0.2) is 35.7 Å². The van der Waals surface area contributed by atoms with E-state index in [2.05, 4.69) is 4.74 Å². The van der Waals surface area contributed by atoms with Gasteiger partial charge in [0.25, 0.3) is 11.1 Å². The fourth-order valence-electron chi connectivity index (χ4n) is 1.49. The fourth-order valence-corrected chi connectivity index (χ4v) is 2.31. The minimum Gasteiger partial charge on any atom is -0.468 e. The van der Waals surface area contributed by atoms with Crippen LogP contribution in [0, 0.1) is 6.92 Å². The molecule has 0 radical (unpaired) electrons. The second kappa shape index (κ2) is 5.31. The molecule has 1 aliphatic heterocycles. The summed E-state index contributed by atoms with van der Waals surface area (Å²) in [7, 11) is 1.20. The number of thioether (sulfide) groups is 1. The molecule has 1 aromatic rings. The van der Waals surface area contributed by atoms with E-state index in [-0.39, 0.29) is 11.4 Å². The zero-order chi connectivity index (χ0) is 14.0. The Morgan fingerprint density at radius 1 is 1.47 bits per heavy atom. The van der Waals surface area contributed by atoms with Crippen LogP contribution < -0.4 is 0 Å². The first kappa shape index (κ1) is 13.4. The predicted molar refractivity (Wildman–Crippen MR) is 68.1 cm³/mol. The van der Waals surface area contributed by atoms with E-state index < -0.39 is 17.1 Å². The Kier molecular flexibility index (Phi) is 3.75. The Balaban J connectivity index is 2.18. The van der Waals surface area contributed by atoms with Crippen molar-refractivity contribution in [2.75, 3.05) is 13.7 Å². The van der Waals surface area contributed by atoms with Crippen LogP contribution in [0.4, 0.5) is 4.79 Å². The number of ether oxygens (including phenoxy) is 1. The topological polar surface area (TPSA) is 76.8 Å². The highest BCUT2D eigenvalue weighted by Crippen LogP contribution is 2.32. The molecule has 0 bridgehead atoms. The number of amides is 2. The zero-order valence-electron chi connectivity index (χ0n) is 10.3. The lowest BCUT2D eigenvalue weighted by Crippen LogP contribution is -2.34. The third kappa shape index (κ3) is 2.87. The SMILES string of the molecule is COC(=O)CN1C(=O)S/C(=C/c2ccc(C)o2)C1=O. The molecule has 2 rings (SSSR count).